The summed E-state index contributed by atoms with van der Waals surface area (Å²) in [7, 11) is -1.42. The average molecular weight is 283 g/mol. The van der Waals surface area contributed by atoms with Gasteiger partial charge in [0.2, 0.25) is 10.0 Å². The lowest BCUT2D eigenvalue weighted by molar-refractivity contribution is 0.586. The van der Waals surface area contributed by atoms with Gasteiger partial charge in [0.05, 0.1) is 0 Å². The number of hydrogen-bond donors (Lipinski definition) is 1. The first-order chi connectivity index (χ1) is 6.53. The molecule has 1 aromatic heterocycles. The molecule has 0 bridgehead atoms. The second kappa shape index (κ2) is 4.85. The van der Waals surface area contributed by atoms with E-state index in [0.717, 1.165) is 0 Å². The molecule has 0 saturated heterocycles. The van der Waals surface area contributed by atoms with Crippen LogP contribution < -0.4 is 4.72 Å². The number of rotatable bonds is 5. The van der Waals surface area contributed by atoms with Crippen LogP contribution in [-0.2, 0) is 23.5 Å². The minimum absolute atomic E-state index is 0.0877. The monoisotopic (exact) mass is 282 g/mol. The lowest BCUT2D eigenvalue weighted by Gasteiger charge is -2.00. The Morgan fingerprint density at radius 1 is 1.64 bits per heavy atom. The second-order valence-electron chi connectivity index (χ2n) is 2.70. The van der Waals surface area contributed by atoms with E-state index in [2.05, 4.69) is 30.7 Å². The van der Waals surface area contributed by atoms with Crippen molar-refractivity contribution >= 4 is 26.0 Å². The molecule has 14 heavy (non-hydrogen) atoms. The number of aromatic nitrogens is 3. The van der Waals surface area contributed by atoms with Gasteiger partial charge in [-0.3, -0.25) is 4.68 Å². The number of hydrogen-bond acceptors (Lipinski definition) is 4. The van der Waals surface area contributed by atoms with Crippen molar-refractivity contribution in [3.63, 3.8) is 0 Å². The van der Waals surface area contributed by atoms with E-state index in [4.69, 9.17) is 0 Å². The van der Waals surface area contributed by atoms with Crippen molar-refractivity contribution in [2.45, 2.75) is 6.42 Å². The largest absolute Gasteiger partial charge is 0.256 e. The summed E-state index contributed by atoms with van der Waals surface area (Å²) < 4.78 is 25.9. The van der Waals surface area contributed by atoms with Crippen LogP contribution >= 0.6 is 15.9 Å². The molecular formula is C6H11BrN4O2S. The fourth-order valence-corrected chi connectivity index (χ4v) is 1.83. The molecular weight excluding hydrogens is 272 g/mol. The van der Waals surface area contributed by atoms with Gasteiger partial charge in [0.25, 0.3) is 0 Å². The Kier molecular flexibility index (Phi) is 4.02. The molecule has 1 rings (SSSR count). The van der Waals surface area contributed by atoms with Gasteiger partial charge in [-0.15, -0.1) is 0 Å². The lowest BCUT2D eigenvalue weighted by atomic mass is 10.4. The number of nitrogens with zero attached hydrogens (tertiary/aromatic N) is 3. The van der Waals surface area contributed by atoms with Crippen molar-refractivity contribution in [1.29, 1.82) is 0 Å². The van der Waals surface area contributed by atoms with Crippen LogP contribution in [0.4, 0.5) is 0 Å². The first-order valence-corrected chi connectivity index (χ1v) is 6.69. The summed E-state index contributed by atoms with van der Waals surface area (Å²) in [5.41, 5.74) is 0. The summed E-state index contributed by atoms with van der Waals surface area (Å²) in [5.74, 6) is 0.629. The Hall–Kier alpha value is -0.470. The fourth-order valence-electron chi connectivity index (χ4n) is 0.855. The van der Waals surface area contributed by atoms with E-state index in [1.165, 1.54) is 0 Å². The maximum Gasteiger partial charge on any atom is 0.221 e. The highest BCUT2D eigenvalue weighted by molar-refractivity contribution is 9.10. The zero-order valence-electron chi connectivity index (χ0n) is 7.64. The quantitative estimate of drug-likeness (QED) is 0.748. The molecule has 0 atom stereocenters. The highest BCUT2D eigenvalue weighted by atomic mass is 79.9. The number of halogens is 1. The Morgan fingerprint density at radius 2 is 2.36 bits per heavy atom. The zero-order valence-corrected chi connectivity index (χ0v) is 10.0. The van der Waals surface area contributed by atoms with Crippen LogP contribution in [0.3, 0.4) is 0 Å². The van der Waals surface area contributed by atoms with E-state index < -0.39 is 10.0 Å². The molecule has 0 aliphatic heterocycles. The Balaban J connectivity index is 2.36. The van der Waals surface area contributed by atoms with Crippen molar-refractivity contribution in [2.75, 3.05) is 11.2 Å². The maximum atomic E-state index is 11.0. The molecule has 0 aliphatic rings. The third-order valence-corrected chi connectivity index (χ3v) is 4.20. The first-order valence-electron chi connectivity index (χ1n) is 3.91. The topological polar surface area (TPSA) is 76.9 Å². The number of aryl methyl sites for hydroxylation is 1. The maximum absolute atomic E-state index is 11.0. The minimum Gasteiger partial charge on any atom is -0.256 e. The Morgan fingerprint density at radius 3 is 2.86 bits per heavy atom. The van der Waals surface area contributed by atoms with E-state index in [1.54, 1.807) is 18.1 Å². The molecule has 1 heterocycles. The van der Waals surface area contributed by atoms with Gasteiger partial charge in [-0.2, -0.15) is 5.10 Å². The summed E-state index contributed by atoms with van der Waals surface area (Å²) in [6.45, 7) is 0.317. The molecule has 0 fully saturated rings. The highest BCUT2D eigenvalue weighted by Gasteiger charge is 2.07. The van der Waals surface area contributed by atoms with E-state index in [-0.39, 0.29) is 4.66 Å². The minimum atomic E-state index is -3.18. The predicted octanol–water partition coefficient (Wildman–Crippen LogP) is -0.371. The van der Waals surface area contributed by atoms with E-state index in [9.17, 15) is 8.42 Å². The highest BCUT2D eigenvalue weighted by Crippen LogP contribution is 1.92. The van der Waals surface area contributed by atoms with Crippen LogP contribution in [0.2, 0.25) is 0 Å². The molecule has 0 saturated carbocycles. The van der Waals surface area contributed by atoms with Gasteiger partial charge < -0.3 is 0 Å². The Bertz CT molecular complexity index is 388. The zero-order chi connectivity index (χ0) is 10.6. The SMILES string of the molecule is Cn1cnc(CCNS(=O)(=O)CBr)n1. The Labute approximate surface area is 90.9 Å². The molecule has 80 valence electrons. The first kappa shape index (κ1) is 11.6. The molecule has 0 aromatic carbocycles. The van der Waals surface area contributed by atoms with Crippen molar-refractivity contribution in [2.24, 2.45) is 7.05 Å². The lowest BCUT2D eigenvalue weighted by Crippen LogP contribution is -2.26. The van der Waals surface area contributed by atoms with Gasteiger partial charge in [-0.1, -0.05) is 15.9 Å². The average Bonchev–Trinajstić information content (AvgIpc) is 2.51. The summed E-state index contributed by atoms with van der Waals surface area (Å²) in [6.07, 6.45) is 2.07. The molecule has 1 aromatic rings. The van der Waals surface area contributed by atoms with E-state index >= 15 is 0 Å². The van der Waals surface area contributed by atoms with Crippen LogP contribution in [0, 0.1) is 0 Å². The predicted molar refractivity (Wildman–Crippen MR) is 55.4 cm³/mol. The van der Waals surface area contributed by atoms with Crippen LogP contribution in [0.25, 0.3) is 0 Å². The van der Waals surface area contributed by atoms with Gasteiger partial charge in [0, 0.05) is 20.0 Å². The number of nitrogens with one attached hydrogen (secondary N) is 1. The van der Waals surface area contributed by atoms with Crippen molar-refractivity contribution < 1.29 is 8.42 Å². The van der Waals surface area contributed by atoms with Gasteiger partial charge in [-0.05, 0) is 0 Å². The standard InChI is InChI=1S/C6H11BrN4O2S/c1-11-5-8-6(10-11)2-3-9-14(12,13)4-7/h5,9H,2-4H2,1H3. The molecule has 0 radical (unpaired) electrons. The summed E-state index contributed by atoms with van der Waals surface area (Å²) in [5, 5.41) is 4.02. The molecule has 0 unspecified atom stereocenters. The fraction of sp³-hybridized carbons (Fsp3) is 0.667. The normalized spacial score (nSPS) is 11.9. The summed E-state index contributed by atoms with van der Waals surface area (Å²) in [4.78, 5) is 3.97. The van der Waals surface area contributed by atoms with Gasteiger partial charge in [-0.25, -0.2) is 18.1 Å². The van der Waals surface area contributed by atoms with Gasteiger partial charge in [0.1, 0.15) is 11.0 Å². The summed E-state index contributed by atoms with van der Waals surface area (Å²) in [6, 6.07) is 0. The van der Waals surface area contributed by atoms with Crippen molar-refractivity contribution in [3.05, 3.63) is 12.2 Å². The van der Waals surface area contributed by atoms with E-state index in [1.807, 2.05) is 0 Å². The third kappa shape index (κ3) is 3.72. The third-order valence-electron chi connectivity index (χ3n) is 1.46. The molecule has 1 N–H and O–H groups in total. The molecule has 0 aliphatic carbocycles. The molecule has 6 nitrogen and oxygen atoms in total. The summed E-state index contributed by atoms with van der Waals surface area (Å²) >= 11 is 2.88. The molecule has 0 amide bonds. The smallest absolute Gasteiger partial charge is 0.221 e. The second-order valence-corrected chi connectivity index (χ2v) is 5.81. The number of alkyl halides is 1. The molecule has 0 spiro atoms. The molecule has 8 heteroatoms. The van der Waals surface area contributed by atoms with Gasteiger partial charge >= 0.3 is 0 Å². The van der Waals surface area contributed by atoms with Crippen LogP contribution in [0.15, 0.2) is 6.33 Å². The van der Waals surface area contributed by atoms with Gasteiger partial charge in [0.15, 0.2) is 5.82 Å². The van der Waals surface area contributed by atoms with Crippen LogP contribution in [0.1, 0.15) is 5.82 Å². The van der Waals surface area contributed by atoms with Crippen molar-refractivity contribution in [1.82, 2.24) is 19.5 Å². The van der Waals surface area contributed by atoms with Crippen molar-refractivity contribution in [3.8, 4) is 0 Å². The number of sulfonamides is 1. The van der Waals surface area contributed by atoms with Crippen LogP contribution in [0.5, 0.6) is 0 Å². The van der Waals surface area contributed by atoms with Crippen LogP contribution in [-0.4, -0.2) is 34.4 Å². The van der Waals surface area contributed by atoms with E-state index in [0.29, 0.717) is 18.8 Å².